The van der Waals surface area contributed by atoms with Crippen LogP contribution in [0.5, 0.6) is 0 Å². The Morgan fingerprint density at radius 1 is 1.69 bits per heavy atom. The molecule has 2 atom stereocenters. The lowest BCUT2D eigenvalue weighted by atomic mass is 9.99. The van der Waals surface area contributed by atoms with Crippen LogP contribution in [0.15, 0.2) is 12.4 Å². The quantitative estimate of drug-likeness (QED) is 0.774. The molecule has 5 heteroatoms. The molecular weight excluding hydrogens is 204 g/mol. The van der Waals surface area contributed by atoms with Crippen LogP contribution in [0.3, 0.4) is 0 Å². The van der Waals surface area contributed by atoms with Gasteiger partial charge < -0.3 is 15.6 Å². The molecule has 1 aromatic heterocycles. The highest BCUT2D eigenvalue weighted by molar-refractivity contribution is 5.81. The molecule has 90 valence electrons. The lowest BCUT2D eigenvalue weighted by Gasteiger charge is -2.23. The number of nitrogens with one attached hydrogen (secondary N) is 1. The normalized spacial score (nSPS) is 14.5. The zero-order chi connectivity index (χ0) is 12.1. The molecule has 0 fully saturated rings. The van der Waals surface area contributed by atoms with Crippen LogP contribution in [-0.2, 0) is 11.3 Å². The van der Waals surface area contributed by atoms with Crippen LogP contribution in [0.4, 0.5) is 0 Å². The Morgan fingerprint density at radius 3 is 2.88 bits per heavy atom. The highest BCUT2D eigenvalue weighted by atomic mass is 16.2. The van der Waals surface area contributed by atoms with Gasteiger partial charge >= 0.3 is 0 Å². The summed E-state index contributed by atoms with van der Waals surface area (Å²) in [6.45, 7) is 4.49. The number of nitrogens with zero attached hydrogens (tertiary/aromatic N) is 2. The maximum absolute atomic E-state index is 11.9. The van der Waals surface area contributed by atoms with Crippen molar-refractivity contribution in [1.29, 1.82) is 0 Å². The summed E-state index contributed by atoms with van der Waals surface area (Å²) in [6, 6.07) is -0.426. The number of hydrogen-bond acceptors (Lipinski definition) is 3. The van der Waals surface area contributed by atoms with Gasteiger partial charge in [0.15, 0.2) is 0 Å². The molecule has 1 amide bonds. The van der Waals surface area contributed by atoms with Crippen LogP contribution in [-0.4, -0.2) is 33.9 Å². The average molecular weight is 224 g/mol. The summed E-state index contributed by atoms with van der Waals surface area (Å²) in [5.41, 5.74) is 5.88. The van der Waals surface area contributed by atoms with Crippen molar-refractivity contribution < 1.29 is 4.79 Å². The molecule has 0 spiro atoms. The second-order valence-electron chi connectivity index (χ2n) is 4.14. The Morgan fingerprint density at radius 2 is 2.38 bits per heavy atom. The molecule has 1 aromatic rings. The lowest BCUT2D eigenvalue weighted by Crippen LogP contribution is -2.45. The summed E-state index contributed by atoms with van der Waals surface area (Å²) in [4.78, 5) is 20.6. The molecule has 1 rings (SSSR count). The summed E-state index contributed by atoms with van der Waals surface area (Å²) in [6.07, 6.45) is 4.31. The molecule has 0 bridgehead atoms. The van der Waals surface area contributed by atoms with Crippen molar-refractivity contribution in [2.24, 2.45) is 11.7 Å². The molecule has 0 saturated carbocycles. The van der Waals surface area contributed by atoms with E-state index >= 15 is 0 Å². The molecule has 0 aliphatic heterocycles. The lowest BCUT2D eigenvalue weighted by molar-refractivity contribution is -0.133. The van der Waals surface area contributed by atoms with Gasteiger partial charge in [-0.05, 0) is 5.92 Å². The van der Waals surface area contributed by atoms with Gasteiger partial charge in [-0.1, -0.05) is 20.3 Å². The molecule has 1 heterocycles. The molecule has 2 unspecified atom stereocenters. The number of rotatable bonds is 5. The number of imidazole rings is 1. The second-order valence-corrected chi connectivity index (χ2v) is 4.14. The van der Waals surface area contributed by atoms with E-state index in [1.807, 2.05) is 13.8 Å². The monoisotopic (exact) mass is 224 g/mol. The predicted molar refractivity (Wildman–Crippen MR) is 62.5 cm³/mol. The van der Waals surface area contributed by atoms with Gasteiger partial charge in [0.1, 0.15) is 5.82 Å². The van der Waals surface area contributed by atoms with E-state index in [0.29, 0.717) is 6.54 Å². The van der Waals surface area contributed by atoms with Gasteiger partial charge in [0.05, 0.1) is 12.6 Å². The van der Waals surface area contributed by atoms with Crippen molar-refractivity contribution in [1.82, 2.24) is 14.9 Å². The number of aromatic nitrogens is 2. The van der Waals surface area contributed by atoms with Crippen molar-refractivity contribution in [2.45, 2.75) is 32.9 Å². The fraction of sp³-hybridized carbons (Fsp3) is 0.636. The van der Waals surface area contributed by atoms with E-state index in [1.54, 1.807) is 24.3 Å². The smallest absolute Gasteiger partial charge is 0.239 e. The fourth-order valence-electron chi connectivity index (χ4n) is 1.44. The topological polar surface area (TPSA) is 75.0 Å². The summed E-state index contributed by atoms with van der Waals surface area (Å²) in [5, 5.41) is 0. The molecule has 5 nitrogen and oxygen atoms in total. The van der Waals surface area contributed by atoms with Gasteiger partial charge in [-0.25, -0.2) is 4.98 Å². The minimum absolute atomic E-state index is 0.0363. The Kier molecular flexibility index (Phi) is 4.49. The summed E-state index contributed by atoms with van der Waals surface area (Å²) >= 11 is 0. The van der Waals surface area contributed by atoms with Crippen LogP contribution in [0.25, 0.3) is 0 Å². The highest BCUT2D eigenvalue weighted by Gasteiger charge is 2.22. The standard InChI is InChI=1S/C11H20N4O/c1-4-8(2)10(12)11(16)15(3)7-9-13-5-6-14-9/h5-6,8,10H,4,7,12H2,1-3H3,(H,13,14). The van der Waals surface area contributed by atoms with Crippen LogP contribution >= 0.6 is 0 Å². The minimum Gasteiger partial charge on any atom is -0.347 e. The van der Waals surface area contributed by atoms with E-state index in [2.05, 4.69) is 9.97 Å². The molecule has 0 saturated heterocycles. The van der Waals surface area contributed by atoms with Crippen molar-refractivity contribution in [3.8, 4) is 0 Å². The maximum atomic E-state index is 11.9. The van der Waals surface area contributed by atoms with Crippen molar-refractivity contribution in [3.63, 3.8) is 0 Å². The fourth-order valence-corrected chi connectivity index (χ4v) is 1.44. The second kappa shape index (κ2) is 5.65. The first kappa shape index (κ1) is 12.7. The van der Waals surface area contributed by atoms with E-state index in [4.69, 9.17) is 5.73 Å². The SMILES string of the molecule is CCC(C)C(N)C(=O)N(C)Cc1ncc[nH]1. The van der Waals surface area contributed by atoms with Crippen molar-refractivity contribution >= 4 is 5.91 Å². The third-order valence-corrected chi connectivity index (χ3v) is 2.86. The van der Waals surface area contributed by atoms with Crippen molar-refractivity contribution in [2.75, 3.05) is 7.05 Å². The number of carbonyl (C=O) groups excluding carboxylic acids is 1. The first-order valence-electron chi connectivity index (χ1n) is 5.55. The van der Waals surface area contributed by atoms with Crippen LogP contribution in [0.2, 0.25) is 0 Å². The van der Waals surface area contributed by atoms with Gasteiger partial charge in [-0.3, -0.25) is 4.79 Å². The molecule has 16 heavy (non-hydrogen) atoms. The molecule has 0 aliphatic rings. The Bertz CT molecular complexity index is 323. The predicted octanol–water partition coefficient (Wildman–Crippen LogP) is 0.741. The number of nitrogens with two attached hydrogens (primary N) is 1. The van der Waals surface area contributed by atoms with Gasteiger partial charge in [-0.15, -0.1) is 0 Å². The van der Waals surface area contributed by atoms with E-state index in [-0.39, 0.29) is 11.8 Å². The highest BCUT2D eigenvalue weighted by Crippen LogP contribution is 2.08. The maximum Gasteiger partial charge on any atom is 0.239 e. The van der Waals surface area contributed by atoms with E-state index in [0.717, 1.165) is 12.2 Å². The van der Waals surface area contributed by atoms with E-state index < -0.39 is 6.04 Å². The third-order valence-electron chi connectivity index (χ3n) is 2.86. The largest absolute Gasteiger partial charge is 0.347 e. The summed E-state index contributed by atoms with van der Waals surface area (Å²) in [5.74, 6) is 0.935. The molecule has 0 aliphatic carbocycles. The molecule has 3 N–H and O–H groups in total. The third kappa shape index (κ3) is 3.06. The summed E-state index contributed by atoms with van der Waals surface area (Å²) < 4.78 is 0. The molecule has 0 radical (unpaired) electrons. The summed E-state index contributed by atoms with van der Waals surface area (Å²) in [7, 11) is 1.74. The van der Waals surface area contributed by atoms with Gasteiger partial charge in [0.2, 0.25) is 5.91 Å². The zero-order valence-corrected chi connectivity index (χ0v) is 10.1. The van der Waals surface area contributed by atoms with Gasteiger partial charge in [0, 0.05) is 19.4 Å². The number of amides is 1. The number of carbonyl (C=O) groups is 1. The molecule has 0 aromatic carbocycles. The van der Waals surface area contributed by atoms with Gasteiger partial charge in [0.25, 0.3) is 0 Å². The Labute approximate surface area is 96.0 Å². The number of H-pyrrole nitrogens is 1. The van der Waals surface area contributed by atoms with E-state index in [9.17, 15) is 4.79 Å². The molecular formula is C11H20N4O. The first-order valence-corrected chi connectivity index (χ1v) is 5.55. The number of hydrogen-bond donors (Lipinski definition) is 2. The Balaban J connectivity index is 2.53. The number of likely N-dealkylation sites (N-methyl/N-ethyl adjacent to an activating group) is 1. The zero-order valence-electron chi connectivity index (χ0n) is 10.1. The average Bonchev–Trinajstić information content (AvgIpc) is 2.78. The minimum atomic E-state index is -0.426. The Hall–Kier alpha value is -1.36. The van der Waals surface area contributed by atoms with Crippen LogP contribution in [0.1, 0.15) is 26.1 Å². The van der Waals surface area contributed by atoms with Gasteiger partial charge in [-0.2, -0.15) is 0 Å². The first-order chi connectivity index (χ1) is 7.56. The van der Waals surface area contributed by atoms with E-state index in [1.165, 1.54) is 0 Å². The number of aromatic amines is 1. The van der Waals surface area contributed by atoms with Crippen molar-refractivity contribution in [3.05, 3.63) is 18.2 Å². The van der Waals surface area contributed by atoms with Crippen LogP contribution in [0, 0.1) is 5.92 Å². The van der Waals surface area contributed by atoms with Crippen LogP contribution < -0.4 is 5.73 Å².